The third kappa shape index (κ3) is 3.72. The molecule has 0 bridgehead atoms. The molecular weight excluding hydrogens is 219 g/mol. The van der Waals surface area contributed by atoms with E-state index in [0.717, 1.165) is 0 Å². The second kappa shape index (κ2) is 6.44. The van der Waals surface area contributed by atoms with Gasteiger partial charge in [0.25, 0.3) is 0 Å². The minimum absolute atomic E-state index is 0.0503. The van der Waals surface area contributed by atoms with E-state index in [1.807, 2.05) is 6.07 Å². The fourth-order valence-corrected chi connectivity index (χ4v) is 1.43. The number of hydrogen-bond acceptors (Lipinski definition) is 2. The molecule has 1 amide bonds. The number of rotatable bonds is 5. The standard InChI is InChI=1S/C13H13FN2O/c1-2-7-16-13(17)8-10(9-15)11-5-3-4-6-12(11)14/h2-6,10H,1,7-8H2,(H,16,17). The summed E-state index contributed by atoms with van der Waals surface area (Å²) in [5.41, 5.74) is 0.253. The molecule has 0 heterocycles. The van der Waals surface area contributed by atoms with Gasteiger partial charge in [0.05, 0.1) is 12.0 Å². The summed E-state index contributed by atoms with van der Waals surface area (Å²) in [7, 11) is 0. The molecule has 0 aliphatic heterocycles. The highest BCUT2D eigenvalue weighted by Gasteiger charge is 2.18. The van der Waals surface area contributed by atoms with Gasteiger partial charge in [-0.25, -0.2) is 4.39 Å². The number of benzene rings is 1. The zero-order valence-electron chi connectivity index (χ0n) is 9.32. The first-order valence-corrected chi connectivity index (χ1v) is 5.20. The van der Waals surface area contributed by atoms with E-state index in [1.165, 1.54) is 12.1 Å². The van der Waals surface area contributed by atoms with E-state index in [2.05, 4.69) is 11.9 Å². The lowest BCUT2D eigenvalue weighted by Crippen LogP contribution is -2.24. The normalized spacial score (nSPS) is 11.3. The molecule has 1 atom stereocenters. The first kappa shape index (κ1) is 12.9. The van der Waals surface area contributed by atoms with Gasteiger partial charge in [0.2, 0.25) is 5.91 Å². The molecule has 1 unspecified atom stereocenters. The maximum Gasteiger partial charge on any atom is 0.221 e. The van der Waals surface area contributed by atoms with Crippen molar-refractivity contribution in [2.75, 3.05) is 6.54 Å². The van der Waals surface area contributed by atoms with Crippen LogP contribution in [0.2, 0.25) is 0 Å². The van der Waals surface area contributed by atoms with E-state index in [0.29, 0.717) is 6.54 Å². The van der Waals surface area contributed by atoms with Crippen molar-refractivity contribution in [3.63, 3.8) is 0 Å². The molecule has 4 heteroatoms. The third-order valence-electron chi connectivity index (χ3n) is 2.27. The summed E-state index contributed by atoms with van der Waals surface area (Å²) in [6, 6.07) is 7.93. The molecule has 1 N–H and O–H groups in total. The van der Waals surface area contributed by atoms with E-state index in [9.17, 15) is 9.18 Å². The molecular formula is C13H13FN2O. The highest BCUT2D eigenvalue weighted by atomic mass is 19.1. The van der Waals surface area contributed by atoms with Crippen LogP contribution in [0.15, 0.2) is 36.9 Å². The molecule has 0 saturated heterocycles. The Morgan fingerprint density at radius 2 is 2.29 bits per heavy atom. The largest absolute Gasteiger partial charge is 0.353 e. The monoisotopic (exact) mass is 232 g/mol. The highest BCUT2D eigenvalue weighted by Crippen LogP contribution is 2.21. The number of carbonyl (C=O) groups excluding carboxylic acids is 1. The molecule has 17 heavy (non-hydrogen) atoms. The summed E-state index contributed by atoms with van der Waals surface area (Å²) in [4.78, 5) is 11.4. The van der Waals surface area contributed by atoms with E-state index in [-0.39, 0.29) is 17.9 Å². The molecule has 0 aliphatic rings. The van der Waals surface area contributed by atoms with Gasteiger partial charge in [0, 0.05) is 18.5 Å². The minimum atomic E-state index is -0.763. The predicted octanol–water partition coefficient (Wildman–Crippen LogP) is 2.13. The molecule has 0 aromatic heterocycles. The molecule has 1 aromatic carbocycles. The van der Waals surface area contributed by atoms with Crippen molar-refractivity contribution in [1.82, 2.24) is 5.32 Å². The Kier molecular flexibility index (Phi) is 4.89. The lowest BCUT2D eigenvalue weighted by molar-refractivity contribution is -0.121. The summed E-state index contributed by atoms with van der Waals surface area (Å²) in [6.45, 7) is 3.81. The smallest absolute Gasteiger partial charge is 0.221 e. The number of nitrogens with zero attached hydrogens (tertiary/aromatic N) is 1. The molecule has 3 nitrogen and oxygen atoms in total. The average molecular weight is 232 g/mol. The number of nitrogens with one attached hydrogen (secondary N) is 1. The molecule has 0 spiro atoms. The van der Waals surface area contributed by atoms with Crippen molar-refractivity contribution in [3.8, 4) is 6.07 Å². The fourth-order valence-electron chi connectivity index (χ4n) is 1.43. The maximum atomic E-state index is 13.4. The van der Waals surface area contributed by atoms with Crippen molar-refractivity contribution >= 4 is 5.91 Å². The number of hydrogen-bond donors (Lipinski definition) is 1. The molecule has 0 saturated carbocycles. The molecule has 0 fully saturated rings. The summed E-state index contributed by atoms with van der Waals surface area (Å²) in [5, 5.41) is 11.5. The Labute approximate surface area is 99.6 Å². The summed E-state index contributed by atoms with van der Waals surface area (Å²) in [5.74, 6) is -1.52. The first-order valence-electron chi connectivity index (χ1n) is 5.20. The van der Waals surface area contributed by atoms with Crippen LogP contribution in [-0.2, 0) is 4.79 Å². The van der Waals surface area contributed by atoms with Crippen molar-refractivity contribution < 1.29 is 9.18 Å². The second-order valence-corrected chi connectivity index (χ2v) is 3.50. The van der Waals surface area contributed by atoms with Crippen molar-refractivity contribution in [2.24, 2.45) is 0 Å². The second-order valence-electron chi connectivity index (χ2n) is 3.50. The summed E-state index contributed by atoms with van der Waals surface area (Å²) in [6.07, 6.45) is 1.49. The van der Waals surface area contributed by atoms with Gasteiger partial charge in [0.1, 0.15) is 5.82 Å². The Morgan fingerprint density at radius 3 is 2.88 bits per heavy atom. The van der Waals surface area contributed by atoms with Crippen LogP contribution in [0.4, 0.5) is 4.39 Å². The Balaban J connectivity index is 2.74. The summed E-state index contributed by atoms with van der Waals surface area (Å²) < 4.78 is 13.4. The van der Waals surface area contributed by atoms with Gasteiger partial charge in [-0.05, 0) is 6.07 Å². The Hall–Kier alpha value is -2.15. The van der Waals surface area contributed by atoms with Gasteiger partial charge in [-0.15, -0.1) is 6.58 Å². The van der Waals surface area contributed by atoms with Crippen LogP contribution < -0.4 is 5.32 Å². The zero-order valence-corrected chi connectivity index (χ0v) is 9.32. The third-order valence-corrected chi connectivity index (χ3v) is 2.27. The van der Waals surface area contributed by atoms with Crippen LogP contribution in [0.1, 0.15) is 17.9 Å². The van der Waals surface area contributed by atoms with Gasteiger partial charge < -0.3 is 5.32 Å². The van der Waals surface area contributed by atoms with Crippen LogP contribution in [0.5, 0.6) is 0 Å². The van der Waals surface area contributed by atoms with Gasteiger partial charge in [-0.2, -0.15) is 5.26 Å². The van der Waals surface area contributed by atoms with Crippen molar-refractivity contribution in [2.45, 2.75) is 12.3 Å². The van der Waals surface area contributed by atoms with Crippen LogP contribution in [0.3, 0.4) is 0 Å². The Bertz CT molecular complexity index is 451. The lowest BCUT2D eigenvalue weighted by atomic mass is 9.96. The molecule has 88 valence electrons. The zero-order chi connectivity index (χ0) is 12.7. The molecule has 1 rings (SSSR count). The van der Waals surface area contributed by atoms with Crippen LogP contribution in [0.25, 0.3) is 0 Å². The molecule has 1 aromatic rings. The van der Waals surface area contributed by atoms with Crippen molar-refractivity contribution in [1.29, 1.82) is 5.26 Å². The number of amides is 1. The van der Waals surface area contributed by atoms with Gasteiger partial charge in [-0.1, -0.05) is 24.3 Å². The quantitative estimate of drug-likeness (QED) is 0.790. The lowest BCUT2D eigenvalue weighted by Gasteiger charge is -2.09. The first-order chi connectivity index (χ1) is 8.19. The van der Waals surface area contributed by atoms with E-state index < -0.39 is 11.7 Å². The topological polar surface area (TPSA) is 52.9 Å². The van der Waals surface area contributed by atoms with Gasteiger partial charge >= 0.3 is 0 Å². The number of halogens is 1. The fraction of sp³-hybridized carbons (Fsp3) is 0.231. The predicted molar refractivity (Wildman–Crippen MR) is 62.6 cm³/mol. The van der Waals surface area contributed by atoms with Crippen LogP contribution in [-0.4, -0.2) is 12.5 Å². The van der Waals surface area contributed by atoms with E-state index in [1.54, 1.807) is 18.2 Å². The van der Waals surface area contributed by atoms with Crippen LogP contribution in [0, 0.1) is 17.1 Å². The minimum Gasteiger partial charge on any atom is -0.353 e. The molecule has 0 radical (unpaired) electrons. The summed E-state index contributed by atoms with van der Waals surface area (Å²) >= 11 is 0. The van der Waals surface area contributed by atoms with E-state index >= 15 is 0 Å². The maximum absolute atomic E-state index is 13.4. The number of carbonyl (C=O) groups is 1. The Morgan fingerprint density at radius 1 is 1.59 bits per heavy atom. The number of nitriles is 1. The van der Waals surface area contributed by atoms with Crippen molar-refractivity contribution in [3.05, 3.63) is 48.3 Å². The van der Waals surface area contributed by atoms with Gasteiger partial charge in [-0.3, -0.25) is 4.79 Å². The highest BCUT2D eigenvalue weighted by molar-refractivity contribution is 5.77. The van der Waals surface area contributed by atoms with Crippen LogP contribution >= 0.6 is 0 Å². The molecule has 0 aliphatic carbocycles. The SMILES string of the molecule is C=CCNC(=O)CC(C#N)c1ccccc1F. The average Bonchev–Trinajstić information content (AvgIpc) is 2.34. The van der Waals surface area contributed by atoms with Gasteiger partial charge in [0.15, 0.2) is 0 Å². The van der Waals surface area contributed by atoms with E-state index in [4.69, 9.17) is 5.26 Å².